The summed E-state index contributed by atoms with van der Waals surface area (Å²) in [6.45, 7) is 1.38. The monoisotopic (exact) mass is 1190 g/mol. The van der Waals surface area contributed by atoms with Crippen molar-refractivity contribution in [1.82, 2.24) is 9.97 Å². The topological polar surface area (TPSA) is 64.5 Å². The molecule has 0 spiro atoms. The zero-order valence-electron chi connectivity index (χ0n) is 34.6. The summed E-state index contributed by atoms with van der Waals surface area (Å²) in [6, 6.07) is 62.3. The normalized spacial score (nSPS) is 10.0. The van der Waals surface area contributed by atoms with E-state index in [9.17, 15) is 4.80 Å². The number of halogens is 3. The Morgan fingerprint density at radius 2 is 0.836 bits per heavy atom. The van der Waals surface area contributed by atoms with Crippen molar-refractivity contribution in [1.29, 1.82) is 0 Å². The first-order valence-corrected chi connectivity index (χ1v) is 36.0. The van der Waals surface area contributed by atoms with E-state index in [0.29, 0.717) is 13.2 Å². The van der Waals surface area contributed by atoms with Gasteiger partial charge in [-0.25, -0.2) is 0 Å². The summed E-state index contributed by atoms with van der Waals surface area (Å²) in [5.41, 5.74) is 4.24. The zero-order valence-corrected chi connectivity index (χ0v) is 44.3. The van der Waals surface area contributed by atoms with Crippen LogP contribution < -0.4 is 15.6 Å². The molecule has 0 fully saturated rings. The first-order chi connectivity index (χ1) is 28.7. The third kappa shape index (κ3) is 18.5. The average Bonchev–Trinajstić information content (AvgIpc) is 3.30. The molecule has 0 atom stereocenters. The maximum Gasteiger partial charge on any atom is 0.0964 e. The molecular weight excluding hydrogens is 1140 g/mol. The van der Waals surface area contributed by atoms with Crippen molar-refractivity contribution in [2.75, 3.05) is 27.4 Å². The van der Waals surface area contributed by atoms with Gasteiger partial charge in [0.1, 0.15) is 0 Å². The number of hydrogen-bond acceptors (Lipinski definition) is 5. The Hall–Kier alpha value is -3.39. The minimum absolute atomic E-state index is 0. The van der Waals surface area contributed by atoms with Gasteiger partial charge in [-0.3, -0.25) is 9.97 Å². The summed E-state index contributed by atoms with van der Waals surface area (Å²) < 4.78 is 15.7. The fourth-order valence-corrected chi connectivity index (χ4v) is 13.2. The molecule has 6 aromatic carbocycles. The molecule has 1 N–H and O–H groups in total. The molecule has 0 saturated heterocycles. The van der Waals surface area contributed by atoms with Gasteiger partial charge in [0.05, 0.1) is 24.2 Å². The molecule has 8 aromatic rings. The molecule has 61 heavy (non-hydrogen) atoms. The van der Waals surface area contributed by atoms with Crippen molar-refractivity contribution in [2.45, 2.75) is 0 Å². The number of hydrogen-bond donors (Lipinski definition) is 1. The van der Waals surface area contributed by atoms with E-state index in [1.54, 1.807) is 26.6 Å². The fourth-order valence-electron chi connectivity index (χ4n) is 5.53. The van der Waals surface area contributed by atoms with Gasteiger partial charge < -0.3 is 29.1 Å². The van der Waals surface area contributed by atoms with Crippen LogP contribution in [0.4, 0.5) is 0 Å². The van der Waals surface area contributed by atoms with Crippen molar-refractivity contribution in [3.8, 4) is 8.40 Å². The van der Waals surface area contributed by atoms with Gasteiger partial charge in [0.2, 0.25) is 0 Å². The van der Waals surface area contributed by atoms with Crippen LogP contribution in [0.15, 0.2) is 200 Å². The van der Waals surface area contributed by atoms with Gasteiger partial charge in [0.25, 0.3) is 8.32 Å². The van der Waals surface area contributed by atoms with Crippen LogP contribution >= 0.6 is 39.9 Å². The first kappa shape index (κ1) is 53.7. The maximum absolute atomic E-state index is 11.6. The predicted molar refractivity (Wildman–Crippen MR) is 265 cm³/mol. The molecule has 8 rings (SSSR count). The van der Waals surface area contributed by atoms with Gasteiger partial charge in [0.15, 0.2) is 0 Å². The second kappa shape index (κ2) is 29.8. The fraction of sp³-hybridized carbons (Fsp3) is 0.0800. The molecule has 0 amide bonds. The van der Waals surface area contributed by atoms with Crippen LogP contribution in [-0.2, 0) is 37.9 Å². The van der Waals surface area contributed by atoms with Gasteiger partial charge in [-0.05, 0) is 27.7 Å². The Kier molecular flexibility index (Phi) is 26.3. The van der Waals surface area contributed by atoms with E-state index < -0.39 is 17.5 Å². The van der Waals surface area contributed by atoms with E-state index >= 15 is 0 Å². The summed E-state index contributed by atoms with van der Waals surface area (Å²) in [5, 5.41) is 5.31. The molecular formula is C50H50Br3Mo2N2O3Si-2. The Labute approximate surface area is 396 Å². The van der Waals surface area contributed by atoms with Crippen LogP contribution in [0.1, 0.15) is 11.1 Å². The van der Waals surface area contributed by atoms with E-state index in [1.165, 1.54) is 0 Å². The van der Waals surface area contributed by atoms with Crippen LogP contribution in [0.25, 0.3) is 21.8 Å². The number of fused-ring (bicyclic) bond motifs is 3. The van der Waals surface area contributed by atoms with Gasteiger partial charge in [-0.1, -0.05) is 115 Å². The van der Waals surface area contributed by atoms with E-state index in [-0.39, 0.29) is 14.9 Å². The van der Waals surface area contributed by atoms with Crippen LogP contribution in [0.2, 0.25) is 0 Å². The number of nitrogens with zero attached hydrogens (tertiary/aromatic N) is 2. The summed E-state index contributed by atoms with van der Waals surface area (Å²) in [6.07, 6.45) is 3.60. The van der Waals surface area contributed by atoms with Crippen LogP contribution in [0.3, 0.4) is 0 Å². The van der Waals surface area contributed by atoms with Crippen molar-refractivity contribution in [2.24, 2.45) is 0 Å². The molecule has 0 aliphatic carbocycles. The Morgan fingerprint density at radius 3 is 1.13 bits per heavy atom. The zero-order chi connectivity index (χ0) is 42.2. The van der Waals surface area contributed by atoms with Crippen molar-refractivity contribution in [3.63, 3.8) is 0 Å². The van der Waals surface area contributed by atoms with E-state index in [4.69, 9.17) is 0 Å². The number of benzene rings is 6. The number of pyridine rings is 2. The summed E-state index contributed by atoms with van der Waals surface area (Å²) >= 11 is 12.4. The predicted octanol–water partition coefficient (Wildman–Crippen LogP) is 11.2. The second-order valence-corrected chi connectivity index (χ2v) is 51.2. The van der Waals surface area contributed by atoms with E-state index in [0.717, 1.165) is 48.5 Å². The van der Waals surface area contributed by atoms with Crippen molar-refractivity contribution < 1.29 is 42.7 Å². The Morgan fingerprint density at radius 1 is 0.508 bits per heavy atom. The number of methoxy groups -OCH3 is 2. The number of ether oxygens (including phenoxy) is 2. The maximum atomic E-state index is 11.6. The Bertz CT molecular complexity index is 2420. The van der Waals surface area contributed by atoms with Crippen LogP contribution in [-0.4, -0.2) is 50.5 Å². The molecule has 0 unspecified atom stereocenters. The standard InChI is InChI=1S/C18H16OSi.C12H8N2.2C7H5.C4H10O2.2CH3.3BrH.2Mo/c19-20(16-10-4-1-5-11-16,17-12-6-2-7-13-17)18-14-8-3-9-15-18;1-3-9-5-6-10-4-2-8-14-12(10)11(9)13-7-1;2*1-7-5-3-2-4-6-7;1-5-3-4-6-2;;;;;;;/h1-15,19H;1-8H;2*2-6H;3-4H2,1-2H3;2*1H3;3*1H;;/q;;;;;2*-1;;;;;+3/p-3. The van der Waals surface area contributed by atoms with E-state index in [2.05, 4.69) is 92.0 Å². The Balaban J connectivity index is 0.000000277. The smallest absolute Gasteiger partial charge is 0.0964 e. The third-order valence-electron chi connectivity index (χ3n) is 8.31. The first-order valence-electron chi connectivity index (χ1n) is 18.3. The molecule has 11 heteroatoms. The summed E-state index contributed by atoms with van der Waals surface area (Å²) in [5.74, 6) is 0. The van der Waals surface area contributed by atoms with Crippen LogP contribution in [0, 0.1) is 23.3 Å². The van der Waals surface area contributed by atoms with Gasteiger partial charge in [-0.2, -0.15) is 0 Å². The minimum Gasteiger partial charge on any atom is -0.254 e. The number of aromatic nitrogens is 2. The average molecular weight is 1190 g/mol. The second-order valence-electron chi connectivity index (χ2n) is 12.4. The molecule has 0 saturated carbocycles. The molecule has 0 bridgehead atoms. The van der Waals surface area contributed by atoms with Gasteiger partial charge >= 0.3 is 148 Å². The molecule has 0 radical (unpaired) electrons. The van der Waals surface area contributed by atoms with E-state index in [1.807, 2.05) is 183 Å². The van der Waals surface area contributed by atoms with Crippen LogP contribution in [0.5, 0.6) is 0 Å². The van der Waals surface area contributed by atoms with Crippen molar-refractivity contribution >= 4 is 85.6 Å². The minimum atomic E-state index is -2.88. The largest absolute Gasteiger partial charge is 0.254 e. The molecule has 0 aliphatic heterocycles. The molecule has 317 valence electrons. The van der Waals surface area contributed by atoms with Gasteiger partial charge in [-0.15, -0.1) is 0 Å². The molecule has 5 nitrogen and oxygen atoms in total. The summed E-state index contributed by atoms with van der Waals surface area (Å²) in [4.78, 5) is 20.3. The van der Waals surface area contributed by atoms with Crippen molar-refractivity contribution in [3.05, 3.63) is 226 Å². The third-order valence-corrected chi connectivity index (χ3v) is 16.4. The molecule has 2 aromatic heterocycles. The summed E-state index contributed by atoms with van der Waals surface area (Å²) in [7, 11) is -1.76. The molecule has 2 heterocycles. The SMILES string of the molecule is COCCOC.O[Si](c1ccccc1)(c1ccccc1)c1ccccc1.[Br][Mo]([Br])([Br])#[C]c1ccccc1.[CH3-].[CH3-].[Mo]#[C]c1ccccc1.c1cnc2c(c1)ccc1cccnc12. The number of rotatable bonds is 6. The van der Waals surface area contributed by atoms with Gasteiger partial charge in [0, 0.05) is 37.4 Å². The quantitative estimate of drug-likeness (QED) is 0.0591. The molecule has 0 aliphatic rings.